The Morgan fingerprint density at radius 1 is 1.43 bits per heavy atom. The Hall–Kier alpha value is -2.71. The Kier molecular flexibility index (Phi) is 4.64. The van der Waals surface area contributed by atoms with E-state index in [0.29, 0.717) is 19.0 Å². The van der Waals surface area contributed by atoms with Crippen molar-refractivity contribution in [3.63, 3.8) is 0 Å². The van der Waals surface area contributed by atoms with Crippen molar-refractivity contribution in [2.24, 2.45) is 7.05 Å². The van der Waals surface area contributed by atoms with Gasteiger partial charge in [-0.2, -0.15) is 10.1 Å². The number of anilines is 2. The summed E-state index contributed by atoms with van der Waals surface area (Å²) in [4.78, 5) is 18.6. The minimum absolute atomic E-state index is 0.159. The molecule has 0 saturated heterocycles. The fourth-order valence-corrected chi connectivity index (χ4v) is 1.69. The number of nitrogens with zero attached hydrogens (tertiary/aromatic N) is 5. The average Bonchev–Trinajstić information content (AvgIpc) is 2.88. The first-order valence-electron chi connectivity index (χ1n) is 6.58. The van der Waals surface area contributed by atoms with Gasteiger partial charge in [0, 0.05) is 19.8 Å². The summed E-state index contributed by atoms with van der Waals surface area (Å²) in [5.74, 6) is 0.547. The molecule has 2 aromatic heterocycles. The van der Waals surface area contributed by atoms with Gasteiger partial charge < -0.3 is 10.6 Å². The van der Waals surface area contributed by atoms with Gasteiger partial charge in [-0.25, -0.2) is 4.98 Å². The molecule has 0 atom stereocenters. The molecule has 2 heterocycles. The van der Waals surface area contributed by atoms with E-state index >= 15 is 0 Å². The van der Waals surface area contributed by atoms with E-state index in [1.807, 2.05) is 20.0 Å². The van der Waals surface area contributed by atoms with E-state index in [1.54, 1.807) is 10.9 Å². The van der Waals surface area contributed by atoms with Gasteiger partial charge in [0.15, 0.2) is 0 Å². The van der Waals surface area contributed by atoms with Crippen molar-refractivity contribution in [2.75, 3.05) is 17.2 Å². The first-order valence-corrected chi connectivity index (χ1v) is 6.58. The molecule has 21 heavy (non-hydrogen) atoms. The lowest BCUT2D eigenvalue weighted by Gasteiger charge is -2.07. The summed E-state index contributed by atoms with van der Waals surface area (Å²) in [6.07, 6.45) is 3.92. The van der Waals surface area contributed by atoms with E-state index in [9.17, 15) is 10.1 Å². The van der Waals surface area contributed by atoms with Crippen LogP contribution in [0.4, 0.5) is 17.5 Å². The topological polar surface area (TPSA) is 111 Å². The van der Waals surface area contributed by atoms with Crippen molar-refractivity contribution in [1.82, 2.24) is 19.7 Å². The Balaban J connectivity index is 2.15. The molecule has 0 bridgehead atoms. The van der Waals surface area contributed by atoms with Crippen LogP contribution < -0.4 is 10.6 Å². The maximum absolute atomic E-state index is 11.0. The quantitative estimate of drug-likeness (QED) is 0.588. The highest BCUT2D eigenvalue weighted by atomic mass is 16.6. The van der Waals surface area contributed by atoms with Gasteiger partial charge in [-0.3, -0.25) is 14.8 Å². The predicted molar refractivity (Wildman–Crippen MR) is 78.0 cm³/mol. The van der Waals surface area contributed by atoms with Gasteiger partial charge in [0.1, 0.15) is 6.20 Å². The van der Waals surface area contributed by atoms with E-state index in [-0.39, 0.29) is 11.5 Å². The van der Waals surface area contributed by atoms with Crippen molar-refractivity contribution >= 4 is 17.5 Å². The van der Waals surface area contributed by atoms with E-state index in [2.05, 4.69) is 25.7 Å². The van der Waals surface area contributed by atoms with Crippen LogP contribution in [0, 0.1) is 10.1 Å². The van der Waals surface area contributed by atoms with Crippen LogP contribution in [0.25, 0.3) is 0 Å². The average molecular weight is 291 g/mol. The molecule has 9 heteroatoms. The summed E-state index contributed by atoms with van der Waals surface area (Å²) in [5.41, 5.74) is 0.612. The zero-order chi connectivity index (χ0) is 15.2. The van der Waals surface area contributed by atoms with Crippen LogP contribution in [0.1, 0.15) is 19.0 Å². The SMILES string of the molecule is CCCNc1ncc([N+](=O)[O-])c(NCc2ccn(C)n2)n1. The minimum atomic E-state index is -0.510. The normalized spacial score (nSPS) is 10.4. The number of hydrogen-bond acceptors (Lipinski definition) is 7. The Morgan fingerprint density at radius 2 is 2.24 bits per heavy atom. The second-order valence-corrected chi connectivity index (χ2v) is 4.45. The maximum Gasteiger partial charge on any atom is 0.329 e. The third-order valence-electron chi connectivity index (χ3n) is 2.71. The molecular formula is C12H17N7O2. The highest BCUT2D eigenvalue weighted by Crippen LogP contribution is 2.22. The van der Waals surface area contributed by atoms with Gasteiger partial charge in [0.25, 0.3) is 0 Å². The van der Waals surface area contributed by atoms with Gasteiger partial charge in [0.05, 0.1) is 17.2 Å². The van der Waals surface area contributed by atoms with E-state index < -0.39 is 4.92 Å². The van der Waals surface area contributed by atoms with E-state index in [4.69, 9.17) is 0 Å². The van der Waals surface area contributed by atoms with E-state index in [0.717, 1.165) is 12.1 Å². The number of aryl methyl sites for hydroxylation is 1. The highest BCUT2D eigenvalue weighted by Gasteiger charge is 2.17. The zero-order valence-corrected chi connectivity index (χ0v) is 11.9. The highest BCUT2D eigenvalue weighted by molar-refractivity contribution is 5.56. The smallest absolute Gasteiger partial charge is 0.329 e. The minimum Gasteiger partial charge on any atom is -0.358 e. The summed E-state index contributed by atoms with van der Waals surface area (Å²) in [7, 11) is 1.81. The molecular weight excluding hydrogens is 274 g/mol. The third kappa shape index (κ3) is 3.88. The first-order chi connectivity index (χ1) is 10.1. The summed E-state index contributed by atoms with van der Waals surface area (Å²) >= 11 is 0. The summed E-state index contributed by atoms with van der Waals surface area (Å²) in [6, 6.07) is 1.83. The van der Waals surface area contributed by atoms with Gasteiger partial charge in [-0.15, -0.1) is 0 Å². The lowest BCUT2D eigenvalue weighted by atomic mass is 10.4. The number of aromatic nitrogens is 4. The van der Waals surface area contributed by atoms with Crippen LogP contribution in [0.15, 0.2) is 18.5 Å². The second kappa shape index (κ2) is 6.64. The molecule has 0 aliphatic carbocycles. The number of hydrogen-bond donors (Lipinski definition) is 2. The standard InChI is InChI=1S/C12H17N7O2/c1-3-5-13-12-15-8-10(19(20)21)11(16-12)14-7-9-4-6-18(2)17-9/h4,6,8H,3,5,7H2,1-2H3,(H2,13,14,15,16). The molecule has 0 fully saturated rings. The molecule has 0 aliphatic rings. The predicted octanol–water partition coefficient (Wildman–Crippen LogP) is 1.55. The zero-order valence-electron chi connectivity index (χ0n) is 11.9. The molecule has 0 saturated carbocycles. The molecule has 2 aromatic rings. The second-order valence-electron chi connectivity index (χ2n) is 4.45. The largest absolute Gasteiger partial charge is 0.358 e. The van der Waals surface area contributed by atoms with Gasteiger partial charge in [-0.1, -0.05) is 6.92 Å². The van der Waals surface area contributed by atoms with Gasteiger partial charge in [0.2, 0.25) is 11.8 Å². The summed E-state index contributed by atoms with van der Waals surface area (Å²) in [6.45, 7) is 3.07. The molecule has 0 aliphatic heterocycles. The molecule has 0 amide bonds. The molecule has 2 N–H and O–H groups in total. The van der Waals surface area contributed by atoms with Crippen LogP contribution in [0.2, 0.25) is 0 Å². The fourth-order valence-electron chi connectivity index (χ4n) is 1.69. The lowest BCUT2D eigenvalue weighted by molar-refractivity contribution is -0.384. The van der Waals surface area contributed by atoms with Crippen LogP contribution in [-0.2, 0) is 13.6 Å². The number of rotatable bonds is 7. The molecule has 112 valence electrons. The number of nitro groups is 1. The van der Waals surface area contributed by atoms with Gasteiger partial charge >= 0.3 is 5.69 Å². The third-order valence-corrected chi connectivity index (χ3v) is 2.71. The van der Waals surface area contributed by atoms with Crippen molar-refractivity contribution in [2.45, 2.75) is 19.9 Å². The first kappa shape index (κ1) is 14.7. The molecule has 0 spiro atoms. The van der Waals surface area contributed by atoms with Crippen LogP contribution in [0.5, 0.6) is 0 Å². The van der Waals surface area contributed by atoms with Crippen molar-refractivity contribution in [3.05, 3.63) is 34.3 Å². The molecule has 0 aromatic carbocycles. The van der Waals surface area contributed by atoms with Crippen molar-refractivity contribution < 1.29 is 4.92 Å². The Bertz CT molecular complexity index is 626. The van der Waals surface area contributed by atoms with Crippen molar-refractivity contribution in [3.8, 4) is 0 Å². The van der Waals surface area contributed by atoms with Crippen LogP contribution >= 0.6 is 0 Å². The van der Waals surface area contributed by atoms with Gasteiger partial charge in [-0.05, 0) is 12.5 Å². The molecule has 0 unspecified atom stereocenters. The fraction of sp³-hybridized carbons (Fsp3) is 0.417. The summed E-state index contributed by atoms with van der Waals surface area (Å²) in [5, 5.41) is 21.1. The Labute approximate surface area is 121 Å². The van der Waals surface area contributed by atoms with Crippen LogP contribution in [-0.4, -0.2) is 31.2 Å². The summed E-state index contributed by atoms with van der Waals surface area (Å²) < 4.78 is 1.67. The molecule has 9 nitrogen and oxygen atoms in total. The monoisotopic (exact) mass is 291 g/mol. The molecule has 0 radical (unpaired) electrons. The van der Waals surface area contributed by atoms with E-state index in [1.165, 1.54) is 6.20 Å². The van der Waals surface area contributed by atoms with Crippen LogP contribution in [0.3, 0.4) is 0 Å². The lowest BCUT2D eigenvalue weighted by Crippen LogP contribution is -2.10. The number of nitrogens with one attached hydrogen (secondary N) is 2. The Morgan fingerprint density at radius 3 is 2.86 bits per heavy atom. The molecule has 2 rings (SSSR count). The maximum atomic E-state index is 11.0. The van der Waals surface area contributed by atoms with Crippen molar-refractivity contribution in [1.29, 1.82) is 0 Å².